The third kappa shape index (κ3) is 19.1. The zero-order valence-corrected chi connectivity index (χ0v) is 22.7. The van der Waals surface area contributed by atoms with Gasteiger partial charge in [0.1, 0.15) is 11.5 Å². The van der Waals surface area contributed by atoms with Gasteiger partial charge in [-0.05, 0) is 56.9 Å². The van der Waals surface area contributed by atoms with Crippen molar-refractivity contribution in [3.8, 4) is 5.75 Å². The van der Waals surface area contributed by atoms with Crippen LogP contribution in [-0.2, 0) is 25.5 Å². The Labute approximate surface area is 223 Å². The molecule has 0 aromatic heterocycles. The van der Waals surface area contributed by atoms with E-state index in [1.54, 1.807) is 18.2 Å². The van der Waals surface area contributed by atoms with Crippen molar-refractivity contribution in [3.63, 3.8) is 0 Å². The van der Waals surface area contributed by atoms with Crippen LogP contribution in [0.2, 0.25) is 0 Å². The van der Waals surface area contributed by atoms with Gasteiger partial charge < -0.3 is 14.2 Å². The fourth-order valence-corrected chi connectivity index (χ4v) is 2.64. The molecular formula is C32H42O5. The van der Waals surface area contributed by atoms with E-state index in [1.165, 1.54) is 30.0 Å². The number of unbranched alkanes of at least 4 members (excludes halogenated alkanes) is 2. The van der Waals surface area contributed by atoms with Crippen molar-refractivity contribution in [2.45, 2.75) is 52.9 Å². The molecule has 0 aliphatic carbocycles. The predicted molar refractivity (Wildman–Crippen MR) is 152 cm³/mol. The molecule has 5 heteroatoms. The minimum absolute atomic E-state index is 0.348. The molecule has 0 radical (unpaired) electrons. The van der Waals surface area contributed by atoms with Gasteiger partial charge in [0.15, 0.2) is 0 Å². The Morgan fingerprint density at radius 1 is 0.730 bits per heavy atom. The Morgan fingerprint density at radius 3 is 1.78 bits per heavy atom. The first kappa shape index (κ1) is 33.1. The lowest BCUT2D eigenvalue weighted by atomic mass is 10.1. The molecule has 0 aliphatic rings. The van der Waals surface area contributed by atoms with E-state index < -0.39 is 5.97 Å². The molecule has 0 fully saturated rings. The van der Waals surface area contributed by atoms with Gasteiger partial charge in [-0.25, -0.2) is 9.59 Å². The number of hydrogen-bond donors (Lipinski definition) is 0. The average molecular weight is 507 g/mol. The first-order chi connectivity index (χ1) is 17.7. The Bertz CT molecular complexity index is 956. The van der Waals surface area contributed by atoms with Crippen LogP contribution in [0.4, 0.5) is 0 Å². The van der Waals surface area contributed by atoms with Crippen LogP contribution in [-0.4, -0.2) is 25.2 Å². The van der Waals surface area contributed by atoms with Crippen molar-refractivity contribution >= 4 is 11.9 Å². The average Bonchev–Trinajstić information content (AvgIpc) is 2.91. The summed E-state index contributed by atoms with van der Waals surface area (Å²) in [6.07, 6.45) is 9.31. The predicted octanol–water partition coefficient (Wildman–Crippen LogP) is 7.64. The van der Waals surface area contributed by atoms with Crippen molar-refractivity contribution in [2.24, 2.45) is 0 Å². The van der Waals surface area contributed by atoms with Crippen molar-refractivity contribution in [1.29, 1.82) is 0 Å². The smallest absolute Gasteiger partial charge is 0.335 e. The Morgan fingerprint density at radius 2 is 1.27 bits per heavy atom. The van der Waals surface area contributed by atoms with Gasteiger partial charge in [0.25, 0.3) is 0 Å². The summed E-state index contributed by atoms with van der Waals surface area (Å²) in [4.78, 5) is 21.5. The standard InChI is InChI=1S/C13H16O2.C10H10O2.C9H16O/c1-3-13(14)15-10-4-5-12-8-6-11(2)7-9-12;1-3-10(11)12-9-6-4-8(2)5-7-9;1-4-6-7-8-10-9(3)5-2/h3,6-9H,1,4-5,10H2,2H3;3-7H,1H2,2H3;5H,2-4,6-8H2,1H3. The molecule has 37 heavy (non-hydrogen) atoms. The summed E-state index contributed by atoms with van der Waals surface area (Å²) in [5.74, 6) is 0.444. The third-order valence-electron chi connectivity index (χ3n) is 4.81. The minimum Gasteiger partial charge on any atom is -0.494 e. The summed E-state index contributed by atoms with van der Waals surface area (Å²) >= 11 is 0. The maximum Gasteiger partial charge on any atom is 0.335 e. The highest BCUT2D eigenvalue weighted by Gasteiger charge is 1.98. The number of carbonyl (C=O) groups excluding carboxylic acids is 2. The van der Waals surface area contributed by atoms with E-state index >= 15 is 0 Å². The second-order valence-electron chi connectivity index (χ2n) is 8.13. The minimum atomic E-state index is -0.432. The van der Waals surface area contributed by atoms with E-state index in [2.05, 4.69) is 64.4 Å². The molecule has 2 aromatic carbocycles. The lowest BCUT2D eigenvalue weighted by Gasteiger charge is -2.03. The van der Waals surface area contributed by atoms with Gasteiger partial charge in [0, 0.05) is 12.2 Å². The molecule has 0 heterocycles. The van der Waals surface area contributed by atoms with Crippen molar-refractivity contribution in [2.75, 3.05) is 13.2 Å². The highest BCUT2D eigenvalue weighted by Crippen LogP contribution is 2.11. The fraction of sp³-hybridized carbons (Fsp3) is 0.312. The molecule has 5 nitrogen and oxygen atoms in total. The number of esters is 2. The summed E-state index contributed by atoms with van der Waals surface area (Å²) in [6, 6.07) is 15.6. The van der Waals surface area contributed by atoms with Gasteiger partial charge in [-0.3, -0.25) is 0 Å². The first-order valence-electron chi connectivity index (χ1n) is 12.4. The zero-order valence-electron chi connectivity index (χ0n) is 22.7. The van der Waals surface area contributed by atoms with Crippen LogP contribution in [0.15, 0.2) is 98.8 Å². The summed E-state index contributed by atoms with van der Waals surface area (Å²) in [5, 5.41) is 0. The van der Waals surface area contributed by atoms with Gasteiger partial charge in [-0.1, -0.05) is 93.6 Å². The monoisotopic (exact) mass is 506 g/mol. The molecule has 0 saturated heterocycles. The van der Waals surface area contributed by atoms with E-state index in [0.717, 1.165) is 37.5 Å². The van der Waals surface area contributed by atoms with Gasteiger partial charge in [0.05, 0.1) is 13.2 Å². The molecule has 0 bridgehead atoms. The van der Waals surface area contributed by atoms with Crippen LogP contribution in [0.1, 0.15) is 49.3 Å². The van der Waals surface area contributed by atoms with Crippen LogP contribution in [0.25, 0.3) is 0 Å². The van der Waals surface area contributed by atoms with E-state index in [-0.39, 0.29) is 5.97 Å². The summed E-state index contributed by atoms with van der Waals surface area (Å²) in [5.41, 5.74) is 3.67. The highest BCUT2D eigenvalue weighted by molar-refractivity contribution is 5.83. The fourth-order valence-electron chi connectivity index (χ4n) is 2.64. The Balaban J connectivity index is 0.000000538. The van der Waals surface area contributed by atoms with Crippen LogP contribution in [0.5, 0.6) is 5.75 Å². The van der Waals surface area contributed by atoms with Gasteiger partial charge in [-0.15, -0.1) is 0 Å². The second-order valence-corrected chi connectivity index (χ2v) is 8.13. The molecule has 0 N–H and O–H groups in total. The van der Waals surface area contributed by atoms with Crippen LogP contribution >= 0.6 is 0 Å². The third-order valence-corrected chi connectivity index (χ3v) is 4.81. The highest BCUT2D eigenvalue weighted by atomic mass is 16.5. The summed E-state index contributed by atoms with van der Waals surface area (Å²) in [6.45, 7) is 21.2. The molecule has 0 unspecified atom stereocenters. The molecule has 0 spiro atoms. The first-order valence-corrected chi connectivity index (χ1v) is 12.4. The molecule has 0 atom stereocenters. The van der Waals surface area contributed by atoms with Crippen LogP contribution < -0.4 is 4.74 Å². The largest absolute Gasteiger partial charge is 0.494 e. The van der Waals surface area contributed by atoms with E-state index in [9.17, 15) is 9.59 Å². The number of aryl methyl sites for hydroxylation is 3. The lowest BCUT2D eigenvalue weighted by Crippen LogP contribution is -2.02. The van der Waals surface area contributed by atoms with E-state index in [4.69, 9.17) is 14.2 Å². The normalized spacial score (nSPS) is 9.27. The lowest BCUT2D eigenvalue weighted by molar-refractivity contribution is -0.137. The van der Waals surface area contributed by atoms with Crippen molar-refractivity contribution in [1.82, 2.24) is 0 Å². The summed E-state index contributed by atoms with van der Waals surface area (Å²) in [7, 11) is 0. The van der Waals surface area contributed by atoms with Crippen LogP contribution in [0.3, 0.4) is 0 Å². The molecule has 200 valence electrons. The molecule has 0 amide bonds. The number of carbonyl (C=O) groups is 2. The molecule has 0 saturated carbocycles. The number of benzene rings is 2. The number of hydrogen-bond acceptors (Lipinski definition) is 5. The van der Waals surface area contributed by atoms with Crippen molar-refractivity contribution in [3.05, 3.63) is 116 Å². The van der Waals surface area contributed by atoms with E-state index in [0.29, 0.717) is 18.1 Å². The maximum absolute atomic E-state index is 10.7. The van der Waals surface area contributed by atoms with E-state index in [1.807, 2.05) is 19.1 Å². The second kappa shape index (κ2) is 21.4. The molecule has 2 rings (SSSR count). The topological polar surface area (TPSA) is 61.8 Å². The number of allylic oxidation sites excluding steroid dienone is 1. The molecule has 2 aromatic rings. The Kier molecular flexibility index (Phi) is 19.2. The maximum atomic E-state index is 10.7. The Hall–Kier alpha value is -3.86. The summed E-state index contributed by atoms with van der Waals surface area (Å²) < 4.78 is 14.9. The van der Waals surface area contributed by atoms with Crippen LogP contribution in [0, 0.1) is 13.8 Å². The number of ether oxygens (including phenoxy) is 3. The van der Waals surface area contributed by atoms with Gasteiger partial charge >= 0.3 is 11.9 Å². The number of rotatable bonds is 13. The van der Waals surface area contributed by atoms with Gasteiger partial charge in [-0.2, -0.15) is 0 Å². The molecule has 0 aliphatic heterocycles. The van der Waals surface area contributed by atoms with Crippen molar-refractivity contribution < 1.29 is 23.8 Å². The van der Waals surface area contributed by atoms with Gasteiger partial charge in [0.2, 0.25) is 0 Å². The molecular weight excluding hydrogens is 464 g/mol. The quantitative estimate of drug-likeness (QED) is 0.0698. The SMILES string of the molecule is C=CC(=C)OCCCCC.C=CC(=O)OCCCc1ccc(C)cc1.C=CC(=O)Oc1ccc(C)cc1. The zero-order chi connectivity index (χ0) is 27.9.